The second-order valence-electron chi connectivity index (χ2n) is 5.53. The van der Waals surface area contributed by atoms with Crippen LogP contribution in [0.2, 0.25) is 0 Å². The molecule has 1 aromatic carbocycles. The number of hydrogen-bond donors (Lipinski definition) is 1. The van der Waals surface area contributed by atoms with Crippen LogP contribution in [-0.2, 0) is 12.8 Å². The maximum atomic E-state index is 6.17. The Morgan fingerprint density at radius 3 is 2.94 bits per heavy atom. The topological polar surface area (TPSA) is 29.3 Å². The van der Waals surface area contributed by atoms with Crippen molar-refractivity contribution in [3.05, 3.63) is 29.3 Å². The molecule has 1 aliphatic carbocycles. The molecule has 0 spiro atoms. The molecule has 86 valence electrons. The molecule has 0 atom stereocenters. The van der Waals surface area contributed by atoms with E-state index in [-0.39, 0.29) is 5.54 Å². The minimum Gasteiger partial charge on any atom is -0.374 e. The Hall–Kier alpha value is -1.02. The van der Waals surface area contributed by atoms with Gasteiger partial charge in [-0.3, -0.25) is 0 Å². The van der Waals surface area contributed by atoms with Gasteiger partial charge in [0.25, 0.3) is 0 Å². The first-order valence-electron chi connectivity index (χ1n) is 6.28. The molecular formula is C14H20N2. The number of nitrogens with two attached hydrogens (primary N) is 1. The van der Waals surface area contributed by atoms with E-state index >= 15 is 0 Å². The van der Waals surface area contributed by atoms with Gasteiger partial charge in [0.2, 0.25) is 0 Å². The van der Waals surface area contributed by atoms with Gasteiger partial charge in [0, 0.05) is 24.8 Å². The first kappa shape index (κ1) is 10.2. The molecule has 0 amide bonds. The van der Waals surface area contributed by atoms with Gasteiger partial charge in [-0.05, 0) is 49.3 Å². The first-order chi connectivity index (χ1) is 7.66. The number of benzene rings is 1. The van der Waals surface area contributed by atoms with E-state index in [1.165, 1.54) is 49.0 Å². The van der Waals surface area contributed by atoms with Gasteiger partial charge in [0.15, 0.2) is 0 Å². The lowest BCUT2D eigenvalue weighted by molar-refractivity contribution is 0.669. The third-order valence-corrected chi connectivity index (χ3v) is 3.94. The van der Waals surface area contributed by atoms with Gasteiger partial charge < -0.3 is 10.6 Å². The summed E-state index contributed by atoms with van der Waals surface area (Å²) in [6, 6.07) is 6.90. The fraction of sp³-hybridized carbons (Fsp3) is 0.571. The lowest BCUT2D eigenvalue weighted by Crippen LogP contribution is -2.26. The molecule has 2 N–H and O–H groups in total. The van der Waals surface area contributed by atoms with Crippen LogP contribution in [0.3, 0.4) is 0 Å². The molecule has 0 bridgehead atoms. The SMILES string of the molecule is CN1CCCc2cc(CC3(N)CC3)ccc21. The predicted octanol–water partition coefficient (Wildman–Crippen LogP) is 2.10. The fourth-order valence-corrected chi connectivity index (χ4v) is 2.69. The molecular weight excluding hydrogens is 196 g/mol. The zero-order valence-electron chi connectivity index (χ0n) is 10.00. The molecule has 3 rings (SSSR count). The van der Waals surface area contributed by atoms with Crippen LogP contribution in [-0.4, -0.2) is 19.1 Å². The minimum atomic E-state index is 0.134. The van der Waals surface area contributed by atoms with Crippen molar-refractivity contribution < 1.29 is 0 Å². The highest BCUT2D eigenvalue weighted by atomic mass is 15.1. The average Bonchev–Trinajstić information content (AvgIpc) is 2.96. The molecule has 16 heavy (non-hydrogen) atoms. The van der Waals surface area contributed by atoms with E-state index in [2.05, 4.69) is 30.1 Å². The van der Waals surface area contributed by atoms with Crippen molar-refractivity contribution in [2.75, 3.05) is 18.5 Å². The van der Waals surface area contributed by atoms with Crippen LogP contribution in [0.15, 0.2) is 18.2 Å². The van der Waals surface area contributed by atoms with E-state index in [9.17, 15) is 0 Å². The third-order valence-electron chi connectivity index (χ3n) is 3.94. The quantitative estimate of drug-likeness (QED) is 0.820. The Morgan fingerprint density at radius 1 is 1.38 bits per heavy atom. The Kier molecular flexibility index (Phi) is 2.21. The van der Waals surface area contributed by atoms with Crippen molar-refractivity contribution in [3.63, 3.8) is 0 Å². The summed E-state index contributed by atoms with van der Waals surface area (Å²) in [5.41, 5.74) is 10.7. The minimum absolute atomic E-state index is 0.134. The molecule has 0 saturated heterocycles. The maximum absolute atomic E-state index is 6.17. The van der Waals surface area contributed by atoms with Gasteiger partial charge >= 0.3 is 0 Å². The van der Waals surface area contributed by atoms with Crippen molar-refractivity contribution in [1.29, 1.82) is 0 Å². The number of nitrogens with zero attached hydrogens (tertiary/aromatic N) is 1. The second-order valence-corrected chi connectivity index (χ2v) is 5.53. The third kappa shape index (κ3) is 1.82. The number of hydrogen-bond acceptors (Lipinski definition) is 2. The number of fused-ring (bicyclic) bond motifs is 1. The standard InChI is InChI=1S/C14H20N2/c1-16-8-2-3-12-9-11(4-5-13(12)16)10-14(15)6-7-14/h4-5,9H,2-3,6-8,10,15H2,1H3. The molecule has 2 heteroatoms. The van der Waals surface area contributed by atoms with Crippen LogP contribution < -0.4 is 10.6 Å². The summed E-state index contributed by atoms with van der Waals surface area (Å²) < 4.78 is 0. The van der Waals surface area contributed by atoms with E-state index in [1.54, 1.807) is 0 Å². The summed E-state index contributed by atoms with van der Waals surface area (Å²) in [7, 11) is 2.18. The molecule has 2 nitrogen and oxygen atoms in total. The molecule has 1 saturated carbocycles. The van der Waals surface area contributed by atoms with Gasteiger partial charge in [-0.25, -0.2) is 0 Å². The van der Waals surface area contributed by atoms with Crippen molar-refractivity contribution in [3.8, 4) is 0 Å². The van der Waals surface area contributed by atoms with Crippen LogP contribution in [0.5, 0.6) is 0 Å². The summed E-state index contributed by atoms with van der Waals surface area (Å²) >= 11 is 0. The summed E-state index contributed by atoms with van der Waals surface area (Å²) in [4.78, 5) is 2.36. The zero-order chi connectivity index (χ0) is 11.2. The van der Waals surface area contributed by atoms with E-state index < -0.39 is 0 Å². The molecule has 1 aliphatic heterocycles. The number of aryl methyl sites for hydroxylation is 1. The van der Waals surface area contributed by atoms with E-state index in [0.29, 0.717) is 0 Å². The van der Waals surface area contributed by atoms with E-state index in [1.807, 2.05) is 0 Å². The van der Waals surface area contributed by atoms with Crippen LogP contribution >= 0.6 is 0 Å². The van der Waals surface area contributed by atoms with Crippen molar-refractivity contribution >= 4 is 5.69 Å². The van der Waals surface area contributed by atoms with Crippen LogP contribution in [0.25, 0.3) is 0 Å². The molecule has 1 fully saturated rings. The Morgan fingerprint density at radius 2 is 2.19 bits per heavy atom. The summed E-state index contributed by atoms with van der Waals surface area (Å²) in [5, 5.41) is 0. The van der Waals surface area contributed by atoms with E-state index in [0.717, 1.165) is 6.42 Å². The normalized spacial score (nSPS) is 21.8. The molecule has 1 aromatic rings. The average molecular weight is 216 g/mol. The summed E-state index contributed by atoms with van der Waals surface area (Å²) in [5.74, 6) is 0. The lowest BCUT2D eigenvalue weighted by Gasteiger charge is -2.28. The zero-order valence-corrected chi connectivity index (χ0v) is 10.00. The summed E-state index contributed by atoms with van der Waals surface area (Å²) in [6.07, 6.45) is 5.96. The Bertz CT molecular complexity index is 407. The highest BCUT2D eigenvalue weighted by Crippen LogP contribution is 2.36. The van der Waals surface area contributed by atoms with Crippen LogP contribution in [0, 0.1) is 0 Å². The predicted molar refractivity (Wildman–Crippen MR) is 67.9 cm³/mol. The van der Waals surface area contributed by atoms with Crippen LogP contribution in [0.1, 0.15) is 30.4 Å². The van der Waals surface area contributed by atoms with Gasteiger partial charge in [-0.15, -0.1) is 0 Å². The molecule has 0 unspecified atom stereocenters. The maximum Gasteiger partial charge on any atom is 0.0396 e. The van der Waals surface area contributed by atoms with Gasteiger partial charge in [-0.1, -0.05) is 12.1 Å². The van der Waals surface area contributed by atoms with Crippen molar-refractivity contribution in [2.45, 2.75) is 37.6 Å². The highest BCUT2D eigenvalue weighted by Gasteiger charge is 2.38. The Balaban J connectivity index is 1.86. The fourth-order valence-electron chi connectivity index (χ4n) is 2.69. The number of rotatable bonds is 2. The second kappa shape index (κ2) is 3.49. The highest BCUT2D eigenvalue weighted by molar-refractivity contribution is 5.56. The summed E-state index contributed by atoms with van der Waals surface area (Å²) in [6.45, 7) is 1.19. The lowest BCUT2D eigenvalue weighted by atomic mass is 9.96. The molecule has 1 heterocycles. The van der Waals surface area contributed by atoms with Crippen molar-refractivity contribution in [1.82, 2.24) is 0 Å². The number of anilines is 1. The molecule has 0 radical (unpaired) electrons. The van der Waals surface area contributed by atoms with Crippen molar-refractivity contribution in [2.24, 2.45) is 5.73 Å². The molecule has 0 aromatic heterocycles. The monoisotopic (exact) mass is 216 g/mol. The van der Waals surface area contributed by atoms with E-state index in [4.69, 9.17) is 5.73 Å². The van der Waals surface area contributed by atoms with Gasteiger partial charge in [-0.2, -0.15) is 0 Å². The van der Waals surface area contributed by atoms with Gasteiger partial charge in [0.05, 0.1) is 0 Å². The Labute approximate surface area is 97.4 Å². The van der Waals surface area contributed by atoms with Crippen LogP contribution in [0.4, 0.5) is 5.69 Å². The first-order valence-corrected chi connectivity index (χ1v) is 6.28. The smallest absolute Gasteiger partial charge is 0.0396 e. The largest absolute Gasteiger partial charge is 0.374 e. The molecule has 2 aliphatic rings. The van der Waals surface area contributed by atoms with Gasteiger partial charge in [0.1, 0.15) is 0 Å².